The average Bonchev–Trinajstić information content (AvgIpc) is 2.60. The van der Waals surface area contributed by atoms with Crippen molar-refractivity contribution >= 4 is 11.8 Å². The minimum Gasteiger partial charge on any atom is -0.396 e. The standard InChI is InChI=1S/C10H16N2O3/c13-6-7-4-9(14)12(5-7)8-2-1-3-11-10(8)15/h7-8,13H,1-6H2,(H,11,15). The van der Waals surface area contributed by atoms with E-state index < -0.39 is 0 Å². The zero-order chi connectivity index (χ0) is 10.8. The largest absolute Gasteiger partial charge is 0.396 e. The molecule has 2 fully saturated rings. The summed E-state index contributed by atoms with van der Waals surface area (Å²) in [6.45, 7) is 1.25. The van der Waals surface area contributed by atoms with Gasteiger partial charge in [-0.3, -0.25) is 9.59 Å². The fourth-order valence-electron chi connectivity index (χ4n) is 2.29. The molecule has 0 aromatic heterocycles. The molecule has 5 heteroatoms. The van der Waals surface area contributed by atoms with Crippen molar-refractivity contribution in [2.24, 2.45) is 5.92 Å². The number of aliphatic hydroxyl groups excluding tert-OH is 1. The molecule has 0 radical (unpaired) electrons. The molecular formula is C10H16N2O3. The number of hydrogen-bond donors (Lipinski definition) is 2. The van der Waals surface area contributed by atoms with Crippen LogP contribution in [0.1, 0.15) is 19.3 Å². The van der Waals surface area contributed by atoms with Gasteiger partial charge in [-0.15, -0.1) is 0 Å². The Morgan fingerprint density at radius 3 is 2.87 bits per heavy atom. The highest BCUT2D eigenvalue weighted by atomic mass is 16.3. The van der Waals surface area contributed by atoms with Crippen molar-refractivity contribution in [1.82, 2.24) is 10.2 Å². The Kier molecular flexibility index (Phi) is 2.90. The van der Waals surface area contributed by atoms with E-state index in [0.717, 1.165) is 12.8 Å². The highest BCUT2D eigenvalue weighted by Gasteiger charge is 2.37. The maximum Gasteiger partial charge on any atom is 0.242 e. The zero-order valence-electron chi connectivity index (χ0n) is 8.61. The van der Waals surface area contributed by atoms with Crippen LogP contribution in [0.5, 0.6) is 0 Å². The molecule has 15 heavy (non-hydrogen) atoms. The predicted molar refractivity (Wildman–Crippen MR) is 52.9 cm³/mol. The number of carbonyl (C=O) groups excluding carboxylic acids is 2. The lowest BCUT2D eigenvalue weighted by Gasteiger charge is -2.30. The number of nitrogens with one attached hydrogen (secondary N) is 1. The van der Waals surface area contributed by atoms with Crippen LogP contribution < -0.4 is 5.32 Å². The van der Waals surface area contributed by atoms with E-state index in [0.29, 0.717) is 19.5 Å². The molecule has 2 saturated heterocycles. The first-order chi connectivity index (χ1) is 7.22. The normalized spacial score (nSPS) is 31.9. The predicted octanol–water partition coefficient (Wildman–Crippen LogP) is -0.894. The van der Waals surface area contributed by atoms with Gasteiger partial charge >= 0.3 is 0 Å². The number of aliphatic hydroxyl groups is 1. The number of hydrogen-bond acceptors (Lipinski definition) is 3. The average molecular weight is 212 g/mol. The molecule has 2 amide bonds. The van der Waals surface area contributed by atoms with Crippen molar-refractivity contribution in [2.75, 3.05) is 19.7 Å². The SMILES string of the molecule is O=C1NCCCC1N1CC(CO)CC1=O. The van der Waals surface area contributed by atoms with E-state index in [-0.39, 0.29) is 30.4 Å². The van der Waals surface area contributed by atoms with Crippen molar-refractivity contribution in [3.63, 3.8) is 0 Å². The second-order valence-electron chi connectivity index (χ2n) is 4.25. The fraction of sp³-hybridized carbons (Fsp3) is 0.800. The summed E-state index contributed by atoms with van der Waals surface area (Å²) in [7, 11) is 0. The summed E-state index contributed by atoms with van der Waals surface area (Å²) in [5.74, 6) is -0.0449. The van der Waals surface area contributed by atoms with Gasteiger partial charge < -0.3 is 15.3 Å². The lowest BCUT2D eigenvalue weighted by molar-refractivity contribution is -0.138. The Balaban J connectivity index is 2.03. The van der Waals surface area contributed by atoms with Gasteiger partial charge in [0.05, 0.1) is 0 Å². The van der Waals surface area contributed by atoms with Crippen LogP contribution in [0.25, 0.3) is 0 Å². The second-order valence-corrected chi connectivity index (χ2v) is 4.25. The van der Waals surface area contributed by atoms with Crippen LogP contribution in [-0.4, -0.2) is 47.6 Å². The van der Waals surface area contributed by atoms with E-state index in [4.69, 9.17) is 5.11 Å². The first-order valence-electron chi connectivity index (χ1n) is 5.40. The summed E-state index contributed by atoms with van der Waals surface area (Å²) >= 11 is 0. The Labute approximate surface area is 88.4 Å². The number of rotatable bonds is 2. The molecule has 2 unspecified atom stereocenters. The third-order valence-corrected chi connectivity index (χ3v) is 3.13. The summed E-state index contributed by atoms with van der Waals surface area (Å²) in [5, 5.41) is 11.8. The lowest BCUT2D eigenvalue weighted by atomic mass is 10.1. The summed E-state index contributed by atoms with van der Waals surface area (Å²) in [5.41, 5.74) is 0. The number of amides is 2. The molecule has 2 N–H and O–H groups in total. The molecule has 84 valence electrons. The number of carbonyl (C=O) groups is 2. The van der Waals surface area contributed by atoms with E-state index in [1.807, 2.05) is 0 Å². The van der Waals surface area contributed by atoms with Gasteiger partial charge in [-0.2, -0.15) is 0 Å². The second kappa shape index (κ2) is 4.18. The van der Waals surface area contributed by atoms with Crippen molar-refractivity contribution < 1.29 is 14.7 Å². The summed E-state index contributed by atoms with van der Waals surface area (Å²) < 4.78 is 0. The van der Waals surface area contributed by atoms with Gasteiger partial charge in [0.25, 0.3) is 0 Å². The Bertz CT molecular complexity index is 280. The van der Waals surface area contributed by atoms with Crippen molar-refractivity contribution in [3.8, 4) is 0 Å². The topological polar surface area (TPSA) is 69.6 Å². The maximum atomic E-state index is 11.6. The van der Waals surface area contributed by atoms with Gasteiger partial charge in [0, 0.05) is 32.0 Å². The van der Waals surface area contributed by atoms with Crippen molar-refractivity contribution in [1.29, 1.82) is 0 Å². The van der Waals surface area contributed by atoms with Crippen LogP contribution >= 0.6 is 0 Å². The molecular weight excluding hydrogens is 196 g/mol. The summed E-state index contributed by atoms with van der Waals surface area (Å²) in [6, 6.07) is -0.303. The molecule has 5 nitrogen and oxygen atoms in total. The van der Waals surface area contributed by atoms with Crippen molar-refractivity contribution in [2.45, 2.75) is 25.3 Å². The Morgan fingerprint density at radius 2 is 2.27 bits per heavy atom. The molecule has 2 heterocycles. The summed E-state index contributed by atoms with van der Waals surface area (Å²) in [6.07, 6.45) is 2.04. The number of nitrogens with zero attached hydrogens (tertiary/aromatic N) is 1. The van der Waals surface area contributed by atoms with E-state index in [2.05, 4.69) is 5.32 Å². The molecule has 2 atom stereocenters. The van der Waals surface area contributed by atoms with E-state index in [1.54, 1.807) is 4.90 Å². The zero-order valence-corrected chi connectivity index (χ0v) is 8.61. The highest BCUT2D eigenvalue weighted by Crippen LogP contribution is 2.22. The first-order valence-corrected chi connectivity index (χ1v) is 5.40. The minimum atomic E-state index is -0.303. The molecule has 0 aromatic carbocycles. The van der Waals surface area contributed by atoms with Crippen LogP contribution in [0.2, 0.25) is 0 Å². The monoisotopic (exact) mass is 212 g/mol. The van der Waals surface area contributed by atoms with Gasteiger partial charge in [-0.05, 0) is 12.8 Å². The van der Waals surface area contributed by atoms with Crippen LogP contribution in [0.4, 0.5) is 0 Å². The molecule has 0 bridgehead atoms. The summed E-state index contributed by atoms with van der Waals surface area (Å²) in [4.78, 5) is 24.8. The van der Waals surface area contributed by atoms with Gasteiger partial charge in [-0.25, -0.2) is 0 Å². The van der Waals surface area contributed by atoms with Gasteiger partial charge in [0.15, 0.2) is 0 Å². The quantitative estimate of drug-likeness (QED) is 0.623. The van der Waals surface area contributed by atoms with Gasteiger partial charge in [0.2, 0.25) is 11.8 Å². The molecule has 2 aliphatic heterocycles. The first kappa shape index (κ1) is 10.4. The molecule has 0 spiro atoms. The Hall–Kier alpha value is -1.10. The van der Waals surface area contributed by atoms with Gasteiger partial charge in [0.1, 0.15) is 6.04 Å². The highest BCUT2D eigenvalue weighted by molar-refractivity contribution is 5.89. The van der Waals surface area contributed by atoms with Crippen LogP contribution in [0.3, 0.4) is 0 Å². The van der Waals surface area contributed by atoms with Crippen LogP contribution in [0, 0.1) is 5.92 Å². The third kappa shape index (κ3) is 1.97. The van der Waals surface area contributed by atoms with E-state index in [9.17, 15) is 9.59 Å². The smallest absolute Gasteiger partial charge is 0.242 e. The minimum absolute atomic E-state index is 0.00361. The molecule has 0 aromatic rings. The van der Waals surface area contributed by atoms with E-state index in [1.165, 1.54) is 0 Å². The molecule has 2 aliphatic rings. The molecule has 0 aliphatic carbocycles. The lowest BCUT2D eigenvalue weighted by Crippen LogP contribution is -2.51. The fourth-order valence-corrected chi connectivity index (χ4v) is 2.29. The molecule has 2 rings (SSSR count). The maximum absolute atomic E-state index is 11.6. The van der Waals surface area contributed by atoms with Crippen molar-refractivity contribution in [3.05, 3.63) is 0 Å². The Morgan fingerprint density at radius 1 is 1.47 bits per heavy atom. The molecule has 0 saturated carbocycles. The van der Waals surface area contributed by atoms with E-state index >= 15 is 0 Å². The number of likely N-dealkylation sites (tertiary alicyclic amines) is 1. The van der Waals surface area contributed by atoms with Crippen LogP contribution in [0.15, 0.2) is 0 Å². The third-order valence-electron chi connectivity index (χ3n) is 3.13. The van der Waals surface area contributed by atoms with Gasteiger partial charge in [-0.1, -0.05) is 0 Å². The van der Waals surface area contributed by atoms with Crippen LogP contribution in [-0.2, 0) is 9.59 Å². The number of piperidine rings is 1.